The lowest BCUT2D eigenvalue weighted by Crippen LogP contribution is -2.30. The van der Waals surface area contributed by atoms with Crippen molar-refractivity contribution in [2.75, 3.05) is 26.1 Å². The second-order valence-corrected chi connectivity index (χ2v) is 6.70. The van der Waals surface area contributed by atoms with Gasteiger partial charge in [0.1, 0.15) is 11.4 Å². The number of methoxy groups -OCH3 is 1. The molecule has 1 aliphatic rings. The molecule has 23 heavy (non-hydrogen) atoms. The summed E-state index contributed by atoms with van der Waals surface area (Å²) in [6, 6.07) is 6.31. The maximum Gasteiger partial charge on any atom is 0.141 e. The quantitative estimate of drug-likeness (QED) is 0.916. The molecule has 0 aliphatic carbocycles. The van der Waals surface area contributed by atoms with Crippen LogP contribution in [-0.4, -0.2) is 36.4 Å². The van der Waals surface area contributed by atoms with Crippen LogP contribution in [0.2, 0.25) is 0 Å². The van der Waals surface area contributed by atoms with Crippen molar-refractivity contribution >= 4 is 16.7 Å². The maximum absolute atomic E-state index is 5.94. The first-order valence-electron chi connectivity index (χ1n) is 8.40. The molecule has 126 valence electrons. The molecule has 1 atom stereocenters. The van der Waals surface area contributed by atoms with Gasteiger partial charge in [0, 0.05) is 26.5 Å². The van der Waals surface area contributed by atoms with Gasteiger partial charge in [-0.2, -0.15) is 0 Å². The van der Waals surface area contributed by atoms with Gasteiger partial charge in [-0.1, -0.05) is 0 Å². The minimum absolute atomic E-state index is 0.261. The van der Waals surface area contributed by atoms with Crippen molar-refractivity contribution in [3.8, 4) is 0 Å². The van der Waals surface area contributed by atoms with E-state index in [0.29, 0.717) is 0 Å². The maximum atomic E-state index is 5.94. The SMILES string of the molecule is CNc1ccc2c(c1)nc(C(C)(C)OC)n2CC1CCCCO1. The third-order valence-electron chi connectivity index (χ3n) is 4.75. The van der Waals surface area contributed by atoms with Crippen LogP contribution in [0.3, 0.4) is 0 Å². The predicted octanol–water partition coefficient (Wildman–Crippen LogP) is 3.53. The Morgan fingerprint density at radius 3 is 2.87 bits per heavy atom. The molecule has 5 nitrogen and oxygen atoms in total. The minimum Gasteiger partial charge on any atom is -0.388 e. The molecular weight excluding hydrogens is 290 g/mol. The van der Waals surface area contributed by atoms with Crippen molar-refractivity contribution in [1.82, 2.24) is 9.55 Å². The number of nitrogens with zero attached hydrogens (tertiary/aromatic N) is 2. The largest absolute Gasteiger partial charge is 0.388 e. The number of rotatable bonds is 5. The van der Waals surface area contributed by atoms with Crippen LogP contribution in [0.15, 0.2) is 18.2 Å². The number of ether oxygens (including phenoxy) is 2. The predicted molar refractivity (Wildman–Crippen MR) is 92.9 cm³/mol. The zero-order chi connectivity index (χ0) is 16.4. The number of nitrogens with one attached hydrogen (secondary N) is 1. The van der Waals surface area contributed by atoms with Gasteiger partial charge in [-0.15, -0.1) is 0 Å². The average Bonchev–Trinajstić information content (AvgIpc) is 2.94. The summed E-state index contributed by atoms with van der Waals surface area (Å²) in [5.74, 6) is 0.956. The van der Waals surface area contributed by atoms with Gasteiger partial charge < -0.3 is 19.4 Å². The van der Waals surface area contributed by atoms with Crippen LogP contribution >= 0.6 is 0 Å². The highest BCUT2D eigenvalue weighted by atomic mass is 16.5. The highest BCUT2D eigenvalue weighted by Crippen LogP contribution is 2.30. The van der Waals surface area contributed by atoms with Crippen LogP contribution in [0.1, 0.15) is 38.9 Å². The summed E-state index contributed by atoms with van der Waals surface area (Å²) in [6.45, 7) is 5.82. The van der Waals surface area contributed by atoms with Crippen molar-refractivity contribution in [2.24, 2.45) is 0 Å². The Labute approximate surface area is 138 Å². The molecule has 1 aromatic heterocycles. The topological polar surface area (TPSA) is 48.3 Å². The Kier molecular flexibility index (Phi) is 4.60. The third-order valence-corrected chi connectivity index (χ3v) is 4.75. The molecule has 2 heterocycles. The molecule has 0 saturated carbocycles. The van der Waals surface area contributed by atoms with Crippen molar-refractivity contribution in [3.63, 3.8) is 0 Å². The lowest BCUT2D eigenvalue weighted by Gasteiger charge is -2.28. The first-order chi connectivity index (χ1) is 11.0. The van der Waals surface area contributed by atoms with Crippen molar-refractivity contribution in [2.45, 2.75) is 51.4 Å². The molecule has 0 radical (unpaired) electrons. The van der Waals surface area contributed by atoms with Crippen LogP contribution in [0.4, 0.5) is 5.69 Å². The summed E-state index contributed by atoms with van der Waals surface area (Å²) in [5.41, 5.74) is 2.76. The molecule has 1 aliphatic heterocycles. The fourth-order valence-electron chi connectivity index (χ4n) is 3.18. The molecule has 1 aromatic carbocycles. The normalized spacial score (nSPS) is 19.2. The number of benzene rings is 1. The van der Waals surface area contributed by atoms with Crippen molar-refractivity contribution in [3.05, 3.63) is 24.0 Å². The standard InChI is InChI=1S/C18H27N3O2/c1-18(2,22-4)17-20-15-11-13(19-3)8-9-16(15)21(17)12-14-7-5-6-10-23-14/h8-9,11,14,19H,5-7,10,12H2,1-4H3. The summed E-state index contributed by atoms with van der Waals surface area (Å²) in [6.07, 6.45) is 3.78. The monoisotopic (exact) mass is 317 g/mol. The number of hydrogen-bond donors (Lipinski definition) is 1. The molecule has 2 aromatic rings. The van der Waals surface area contributed by atoms with Gasteiger partial charge in [0.25, 0.3) is 0 Å². The highest BCUT2D eigenvalue weighted by molar-refractivity contribution is 5.80. The van der Waals surface area contributed by atoms with Gasteiger partial charge in [-0.3, -0.25) is 0 Å². The van der Waals surface area contributed by atoms with E-state index in [1.54, 1.807) is 7.11 Å². The van der Waals surface area contributed by atoms with E-state index in [9.17, 15) is 0 Å². The Balaban J connectivity index is 2.05. The first kappa shape index (κ1) is 16.3. The van der Waals surface area contributed by atoms with Gasteiger partial charge >= 0.3 is 0 Å². The molecule has 1 unspecified atom stereocenters. The van der Waals surface area contributed by atoms with E-state index in [2.05, 4.69) is 41.9 Å². The number of fused-ring (bicyclic) bond motifs is 1. The molecule has 0 spiro atoms. The van der Waals surface area contributed by atoms with Gasteiger partial charge in [0.2, 0.25) is 0 Å². The molecule has 0 amide bonds. The number of aromatic nitrogens is 2. The van der Waals surface area contributed by atoms with Gasteiger partial charge in [0.05, 0.1) is 23.7 Å². The van der Waals surface area contributed by atoms with E-state index in [4.69, 9.17) is 14.5 Å². The van der Waals surface area contributed by atoms with E-state index in [0.717, 1.165) is 42.1 Å². The number of anilines is 1. The van der Waals surface area contributed by atoms with Gasteiger partial charge in [0.15, 0.2) is 0 Å². The Morgan fingerprint density at radius 2 is 2.22 bits per heavy atom. The van der Waals surface area contributed by atoms with Crippen molar-refractivity contribution < 1.29 is 9.47 Å². The lowest BCUT2D eigenvalue weighted by molar-refractivity contribution is -0.00755. The lowest BCUT2D eigenvalue weighted by atomic mass is 10.1. The zero-order valence-electron chi connectivity index (χ0n) is 14.6. The molecule has 3 rings (SSSR count). The fourth-order valence-corrected chi connectivity index (χ4v) is 3.18. The molecule has 1 saturated heterocycles. The third kappa shape index (κ3) is 3.21. The summed E-state index contributed by atoms with van der Waals surface area (Å²) >= 11 is 0. The fraction of sp³-hybridized carbons (Fsp3) is 0.611. The Morgan fingerprint density at radius 1 is 1.39 bits per heavy atom. The Bertz CT molecular complexity index is 672. The first-order valence-corrected chi connectivity index (χ1v) is 8.40. The molecular formula is C18H27N3O2. The van der Waals surface area contributed by atoms with E-state index < -0.39 is 5.60 Å². The van der Waals surface area contributed by atoms with Crippen LogP contribution in [0.25, 0.3) is 11.0 Å². The second-order valence-electron chi connectivity index (χ2n) is 6.70. The van der Waals surface area contributed by atoms with Gasteiger partial charge in [-0.05, 0) is 51.3 Å². The summed E-state index contributed by atoms with van der Waals surface area (Å²) in [7, 11) is 3.66. The minimum atomic E-state index is -0.437. The van der Waals surface area contributed by atoms with Gasteiger partial charge in [-0.25, -0.2) is 4.98 Å². The summed E-state index contributed by atoms with van der Waals surface area (Å²) < 4.78 is 13.9. The van der Waals surface area contributed by atoms with E-state index in [1.807, 2.05) is 7.05 Å². The van der Waals surface area contributed by atoms with E-state index >= 15 is 0 Å². The van der Waals surface area contributed by atoms with Crippen LogP contribution in [-0.2, 0) is 21.6 Å². The highest BCUT2D eigenvalue weighted by Gasteiger charge is 2.29. The van der Waals surface area contributed by atoms with E-state index in [-0.39, 0.29) is 6.10 Å². The second kappa shape index (κ2) is 6.49. The van der Waals surface area contributed by atoms with Crippen LogP contribution in [0.5, 0.6) is 0 Å². The smallest absolute Gasteiger partial charge is 0.141 e. The average molecular weight is 317 g/mol. The van der Waals surface area contributed by atoms with Crippen LogP contribution in [0, 0.1) is 0 Å². The Hall–Kier alpha value is -1.59. The van der Waals surface area contributed by atoms with Crippen molar-refractivity contribution in [1.29, 1.82) is 0 Å². The summed E-state index contributed by atoms with van der Waals surface area (Å²) in [5, 5.41) is 3.18. The number of hydrogen-bond acceptors (Lipinski definition) is 4. The molecule has 1 N–H and O–H groups in total. The number of imidazole rings is 1. The zero-order valence-corrected chi connectivity index (χ0v) is 14.6. The molecule has 0 bridgehead atoms. The van der Waals surface area contributed by atoms with E-state index in [1.165, 1.54) is 12.8 Å². The molecule has 5 heteroatoms. The molecule has 1 fully saturated rings. The van der Waals surface area contributed by atoms with Crippen LogP contribution < -0.4 is 5.32 Å². The summed E-state index contributed by atoms with van der Waals surface area (Å²) in [4.78, 5) is 4.87.